The van der Waals surface area contributed by atoms with Crippen molar-refractivity contribution in [1.82, 2.24) is 21.0 Å². The number of carbonyl (C=O) groups is 2. The monoisotopic (exact) mass is 477 g/mol. The third-order valence-corrected chi connectivity index (χ3v) is 4.77. The van der Waals surface area contributed by atoms with Gasteiger partial charge in [0.2, 0.25) is 11.8 Å². The second-order valence-electron chi connectivity index (χ2n) is 5.48. The van der Waals surface area contributed by atoms with E-state index in [1.54, 1.807) is 0 Å². The number of nitrogens with one attached hydrogen (secondary N) is 2. The SMILES string of the molecule is O=C(CSc1nnc(-c2cccc(Br)c2)o1)NNC(=O)c1ccc([N+](=O)[O-])cc1. The number of thioether (sulfide) groups is 1. The summed E-state index contributed by atoms with van der Waals surface area (Å²) in [6, 6.07) is 12.3. The fraction of sp³-hybridized carbons (Fsp3) is 0.0588. The van der Waals surface area contributed by atoms with Gasteiger partial charge in [-0.2, -0.15) is 0 Å². The maximum Gasteiger partial charge on any atom is 0.277 e. The zero-order valence-corrected chi connectivity index (χ0v) is 16.9. The van der Waals surface area contributed by atoms with E-state index >= 15 is 0 Å². The Hall–Kier alpha value is -3.25. The lowest BCUT2D eigenvalue weighted by atomic mass is 10.2. The van der Waals surface area contributed by atoms with Crippen molar-refractivity contribution < 1.29 is 18.9 Å². The maximum absolute atomic E-state index is 11.9. The van der Waals surface area contributed by atoms with Crippen LogP contribution in [0.2, 0.25) is 0 Å². The van der Waals surface area contributed by atoms with Crippen molar-refractivity contribution in [1.29, 1.82) is 0 Å². The number of hydrogen-bond donors (Lipinski definition) is 2. The van der Waals surface area contributed by atoms with Crippen molar-refractivity contribution in [2.24, 2.45) is 0 Å². The summed E-state index contributed by atoms with van der Waals surface area (Å²) < 4.78 is 6.36. The molecule has 3 aromatic rings. The summed E-state index contributed by atoms with van der Waals surface area (Å²) >= 11 is 4.37. The smallest absolute Gasteiger partial charge is 0.277 e. The normalized spacial score (nSPS) is 10.4. The molecule has 2 N–H and O–H groups in total. The highest BCUT2D eigenvalue weighted by Crippen LogP contribution is 2.25. The van der Waals surface area contributed by atoms with Crippen molar-refractivity contribution in [3.05, 3.63) is 68.7 Å². The second-order valence-corrected chi connectivity index (χ2v) is 7.32. The van der Waals surface area contributed by atoms with Crippen molar-refractivity contribution in [2.75, 3.05) is 5.75 Å². The zero-order chi connectivity index (χ0) is 20.8. The third kappa shape index (κ3) is 5.62. The highest BCUT2D eigenvalue weighted by atomic mass is 79.9. The fourth-order valence-corrected chi connectivity index (χ4v) is 3.07. The first-order valence-corrected chi connectivity index (χ1v) is 9.76. The second kappa shape index (κ2) is 9.30. The van der Waals surface area contributed by atoms with Crippen LogP contribution in [0.3, 0.4) is 0 Å². The van der Waals surface area contributed by atoms with E-state index in [1.807, 2.05) is 24.3 Å². The largest absolute Gasteiger partial charge is 0.411 e. The van der Waals surface area contributed by atoms with E-state index in [0.29, 0.717) is 5.89 Å². The number of nitrogens with zero attached hydrogens (tertiary/aromatic N) is 3. The molecule has 0 aliphatic heterocycles. The minimum absolute atomic E-state index is 0.0688. The summed E-state index contributed by atoms with van der Waals surface area (Å²) in [6.07, 6.45) is 0. The number of hydrogen-bond acceptors (Lipinski definition) is 8. The van der Waals surface area contributed by atoms with Crippen LogP contribution in [0.15, 0.2) is 62.6 Å². The van der Waals surface area contributed by atoms with Crippen LogP contribution in [0.25, 0.3) is 11.5 Å². The van der Waals surface area contributed by atoms with Gasteiger partial charge in [-0.25, -0.2) is 0 Å². The van der Waals surface area contributed by atoms with Crippen LogP contribution in [0.5, 0.6) is 0 Å². The first-order chi connectivity index (χ1) is 13.9. The molecule has 2 aromatic carbocycles. The van der Waals surface area contributed by atoms with Gasteiger partial charge in [0, 0.05) is 27.7 Å². The minimum Gasteiger partial charge on any atom is -0.411 e. The van der Waals surface area contributed by atoms with Crippen LogP contribution in [-0.4, -0.2) is 32.7 Å². The Kier molecular flexibility index (Phi) is 6.57. The molecular formula is C17H12BrN5O5S. The number of nitro benzene ring substituents is 1. The average molecular weight is 478 g/mol. The Morgan fingerprint density at radius 3 is 2.59 bits per heavy atom. The number of carbonyl (C=O) groups excluding carboxylic acids is 2. The molecule has 10 nitrogen and oxygen atoms in total. The highest BCUT2D eigenvalue weighted by Gasteiger charge is 2.13. The molecule has 0 spiro atoms. The standard InChI is InChI=1S/C17H12BrN5O5S/c18-12-3-1-2-11(8-12)16-21-22-17(28-16)29-9-14(24)19-20-15(25)10-4-6-13(7-5-10)23(26)27/h1-8H,9H2,(H,19,24)(H,20,25). The Bertz CT molecular complexity index is 1060. The van der Waals surface area contributed by atoms with Crippen molar-refractivity contribution in [3.8, 4) is 11.5 Å². The molecule has 0 unspecified atom stereocenters. The van der Waals surface area contributed by atoms with Crippen LogP contribution < -0.4 is 10.9 Å². The number of hydrazine groups is 1. The van der Waals surface area contributed by atoms with E-state index in [1.165, 1.54) is 24.3 Å². The Morgan fingerprint density at radius 1 is 1.14 bits per heavy atom. The Labute approximate surface area is 176 Å². The highest BCUT2D eigenvalue weighted by molar-refractivity contribution is 9.10. The summed E-state index contributed by atoms with van der Waals surface area (Å²) in [7, 11) is 0. The van der Waals surface area contributed by atoms with Gasteiger partial charge in [-0.05, 0) is 30.3 Å². The molecule has 2 amide bonds. The van der Waals surface area contributed by atoms with Gasteiger partial charge in [0.05, 0.1) is 10.7 Å². The van der Waals surface area contributed by atoms with Crippen molar-refractivity contribution in [2.45, 2.75) is 5.22 Å². The summed E-state index contributed by atoms with van der Waals surface area (Å²) in [5.41, 5.74) is 5.24. The molecule has 3 rings (SSSR count). The number of aromatic nitrogens is 2. The number of nitro groups is 1. The van der Waals surface area contributed by atoms with Gasteiger partial charge in [-0.1, -0.05) is 33.8 Å². The molecule has 1 aromatic heterocycles. The van der Waals surface area contributed by atoms with Gasteiger partial charge in [0.25, 0.3) is 16.8 Å². The Morgan fingerprint density at radius 2 is 1.90 bits per heavy atom. The molecule has 0 saturated heterocycles. The van der Waals surface area contributed by atoms with Gasteiger partial charge in [-0.3, -0.25) is 30.6 Å². The molecular weight excluding hydrogens is 466 g/mol. The average Bonchev–Trinajstić information content (AvgIpc) is 3.19. The van der Waals surface area contributed by atoms with E-state index in [2.05, 4.69) is 37.0 Å². The Balaban J connectivity index is 1.47. The first kappa shape index (κ1) is 20.5. The number of amides is 2. The molecule has 12 heteroatoms. The minimum atomic E-state index is -0.604. The number of rotatable bonds is 6. The molecule has 0 radical (unpaired) electrons. The van der Waals surface area contributed by atoms with E-state index in [4.69, 9.17) is 4.42 Å². The number of benzene rings is 2. The van der Waals surface area contributed by atoms with Crippen LogP contribution in [-0.2, 0) is 4.79 Å². The maximum atomic E-state index is 11.9. The van der Waals surface area contributed by atoms with E-state index in [0.717, 1.165) is 21.8 Å². The predicted molar refractivity (Wildman–Crippen MR) is 107 cm³/mol. The molecule has 0 saturated carbocycles. The lowest BCUT2D eigenvalue weighted by molar-refractivity contribution is -0.384. The number of non-ortho nitro benzene ring substituents is 1. The first-order valence-electron chi connectivity index (χ1n) is 7.98. The molecule has 0 fully saturated rings. The topological polar surface area (TPSA) is 140 Å². The van der Waals surface area contributed by atoms with Crippen LogP contribution in [0.1, 0.15) is 10.4 Å². The van der Waals surface area contributed by atoms with Gasteiger partial charge in [0.15, 0.2) is 0 Å². The summed E-state index contributed by atoms with van der Waals surface area (Å²) in [5.74, 6) is -0.846. The van der Waals surface area contributed by atoms with E-state index in [9.17, 15) is 19.7 Å². The van der Waals surface area contributed by atoms with E-state index < -0.39 is 16.7 Å². The summed E-state index contributed by atoms with van der Waals surface area (Å²) in [4.78, 5) is 33.9. The fourth-order valence-electron chi connectivity index (χ4n) is 2.10. The molecule has 0 atom stereocenters. The van der Waals surface area contributed by atoms with Gasteiger partial charge in [-0.15, -0.1) is 10.2 Å². The summed E-state index contributed by atoms with van der Waals surface area (Å²) in [6.45, 7) is 0. The van der Waals surface area contributed by atoms with Crippen LogP contribution in [0.4, 0.5) is 5.69 Å². The molecule has 0 aliphatic rings. The zero-order valence-electron chi connectivity index (χ0n) is 14.5. The lowest BCUT2D eigenvalue weighted by Gasteiger charge is -2.06. The molecule has 1 heterocycles. The van der Waals surface area contributed by atoms with Crippen LogP contribution in [0, 0.1) is 10.1 Å². The lowest BCUT2D eigenvalue weighted by Crippen LogP contribution is -2.42. The van der Waals surface area contributed by atoms with Crippen molar-refractivity contribution >= 4 is 45.2 Å². The van der Waals surface area contributed by atoms with Crippen molar-refractivity contribution in [3.63, 3.8) is 0 Å². The molecule has 0 bridgehead atoms. The predicted octanol–water partition coefficient (Wildman–Crippen LogP) is 2.96. The third-order valence-electron chi connectivity index (χ3n) is 3.46. The molecule has 148 valence electrons. The van der Waals surface area contributed by atoms with E-state index in [-0.39, 0.29) is 22.2 Å². The number of halogens is 1. The van der Waals surface area contributed by atoms with Gasteiger partial charge < -0.3 is 4.42 Å². The molecule has 0 aliphatic carbocycles. The quantitative estimate of drug-likeness (QED) is 0.313. The molecule has 29 heavy (non-hydrogen) atoms. The summed E-state index contributed by atoms with van der Waals surface area (Å²) in [5, 5.41) is 18.6. The van der Waals surface area contributed by atoms with Crippen LogP contribution >= 0.6 is 27.7 Å². The van der Waals surface area contributed by atoms with Gasteiger partial charge in [0.1, 0.15) is 0 Å². The van der Waals surface area contributed by atoms with Gasteiger partial charge >= 0.3 is 0 Å².